The number of fused-ring (bicyclic) bond motifs is 3. The van der Waals surface area contributed by atoms with Gasteiger partial charge in [-0.2, -0.15) is 0 Å². The van der Waals surface area contributed by atoms with Gasteiger partial charge in [-0.15, -0.1) is 0 Å². The van der Waals surface area contributed by atoms with Crippen LogP contribution in [0.25, 0.3) is 5.76 Å². The van der Waals surface area contributed by atoms with Crippen molar-refractivity contribution in [3.05, 3.63) is 70.0 Å². The van der Waals surface area contributed by atoms with Gasteiger partial charge in [-0.1, -0.05) is 32.0 Å². The summed E-state index contributed by atoms with van der Waals surface area (Å²) in [5, 5.41) is 49.3. The Morgan fingerprint density at radius 3 is 2.26 bits per heavy atom. The van der Waals surface area contributed by atoms with Gasteiger partial charge in [-0.05, 0) is 50.7 Å². The van der Waals surface area contributed by atoms with Crippen molar-refractivity contribution in [3.8, 4) is 11.5 Å². The number of hydrogen-bond acceptors (Lipinski definition) is 11. The molecule has 0 radical (unpaired) electrons. The van der Waals surface area contributed by atoms with E-state index in [1.807, 2.05) is 0 Å². The average Bonchev–Trinajstić information content (AvgIpc) is 2.94. The van der Waals surface area contributed by atoms with Crippen LogP contribution >= 0.6 is 0 Å². The number of ether oxygens (including phenoxy) is 1. The minimum atomic E-state index is -2.82. The Kier molecular flexibility index (Phi) is 7.69. The molecule has 13 nitrogen and oxygen atoms in total. The van der Waals surface area contributed by atoms with E-state index in [1.54, 1.807) is 76.4 Å². The number of amides is 2. The molecule has 3 aliphatic carbocycles. The second-order valence-corrected chi connectivity index (χ2v) is 13.1. The fourth-order valence-electron chi connectivity index (χ4n) is 7.76. The summed E-state index contributed by atoms with van der Waals surface area (Å²) in [6, 6.07) is 8.78. The third-order valence-electron chi connectivity index (χ3n) is 9.55. The zero-order valence-corrected chi connectivity index (χ0v) is 26.5. The molecular formula is C33H38N4O9. The average molecular weight is 635 g/mol. The minimum absolute atomic E-state index is 0.0814. The van der Waals surface area contributed by atoms with Gasteiger partial charge in [-0.3, -0.25) is 19.3 Å². The topological polar surface area (TPSA) is 203 Å². The maximum absolute atomic E-state index is 14.5. The lowest BCUT2D eigenvalue weighted by molar-refractivity contribution is -0.175. The van der Waals surface area contributed by atoms with Crippen LogP contribution in [0.15, 0.2) is 53.3 Å². The van der Waals surface area contributed by atoms with Gasteiger partial charge < -0.3 is 41.1 Å². The molecule has 1 saturated carbocycles. The maximum atomic E-state index is 14.5. The monoisotopic (exact) mass is 634 g/mol. The van der Waals surface area contributed by atoms with Crippen LogP contribution in [0.2, 0.25) is 0 Å². The number of phenolic OH excluding ortho intramolecular Hbond substituents is 1. The molecule has 2 amide bonds. The van der Waals surface area contributed by atoms with Gasteiger partial charge in [0.05, 0.1) is 11.6 Å². The van der Waals surface area contributed by atoms with Crippen molar-refractivity contribution in [1.82, 2.24) is 10.2 Å². The molecule has 13 heteroatoms. The van der Waals surface area contributed by atoms with Crippen LogP contribution in [0.3, 0.4) is 0 Å². The molecular weight excluding hydrogens is 596 g/mol. The Balaban J connectivity index is 1.66. The quantitative estimate of drug-likeness (QED) is 0.254. The number of likely N-dealkylation sites (N-methyl/N-ethyl adjacent to an activating group) is 1. The number of nitrogens with two attached hydrogens (primary N) is 1. The van der Waals surface area contributed by atoms with Crippen molar-refractivity contribution in [1.29, 1.82) is 0 Å². The van der Waals surface area contributed by atoms with Crippen LogP contribution in [-0.4, -0.2) is 88.7 Å². The van der Waals surface area contributed by atoms with E-state index in [-0.39, 0.29) is 36.1 Å². The van der Waals surface area contributed by atoms with Crippen molar-refractivity contribution < 1.29 is 44.3 Å². The smallest absolute Gasteiger partial charge is 0.412 e. The van der Waals surface area contributed by atoms with E-state index in [1.165, 1.54) is 11.8 Å². The van der Waals surface area contributed by atoms with E-state index in [2.05, 4.69) is 5.32 Å². The predicted octanol–water partition coefficient (Wildman–Crippen LogP) is 2.10. The van der Waals surface area contributed by atoms with Gasteiger partial charge in [-0.25, -0.2) is 4.79 Å². The molecule has 5 rings (SSSR count). The number of aliphatic hydroxyl groups excluding tert-OH is 2. The SMILES string of the molecule is CN(C)c1cc(CNC(=O)Oc2ccccc2)c(O)c2c1C[C@@]1(C)C[C@@]3(C)[C@H](N(C)C)C(=O)C(C(N)=O)=C(O)[C@@]3(O)C(=O)C1=C2O. The van der Waals surface area contributed by atoms with Crippen LogP contribution < -0.4 is 20.7 Å². The lowest BCUT2D eigenvalue weighted by Gasteiger charge is -2.59. The number of anilines is 1. The summed E-state index contributed by atoms with van der Waals surface area (Å²) >= 11 is 0. The summed E-state index contributed by atoms with van der Waals surface area (Å²) in [6.07, 6.45) is -0.789. The number of carbonyl (C=O) groups excluding carboxylic acids is 4. The number of nitrogens with one attached hydrogen (secondary N) is 1. The Hall–Kier alpha value is -4.88. The second-order valence-electron chi connectivity index (χ2n) is 13.1. The standard InChI is InChI=1S/C33H38N4O9/c1-31-13-18-19(36(3)4)12-16(14-35-30(44)46-17-10-8-7-9-11-17)23(38)20(18)24(39)22(31)28(42)33(45)27(41)21(29(34)43)25(40)26(37(5)6)32(33,2)15-31/h7-12,26,38-39,41,45H,13-15H2,1-6H3,(H2,34,43)(H,35,44)/t26-,31+,32+,33-/m1/s1. The zero-order chi connectivity index (χ0) is 34.1. The van der Waals surface area contributed by atoms with E-state index in [9.17, 15) is 39.6 Å². The second kappa shape index (κ2) is 10.9. The van der Waals surface area contributed by atoms with Crippen LogP contribution in [0.4, 0.5) is 10.5 Å². The number of hydrogen-bond donors (Lipinski definition) is 6. The zero-order valence-electron chi connectivity index (χ0n) is 26.5. The largest absolute Gasteiger partial charge is 0.508 e. The molecule has 3 aliphatic rings. The molecule has 1 fully saturated rings. The first-order chi connectivity index (χ1) is 21.4. The van der Waals surface area contributed by atoms with Crippen molar-refractivity contribution in [2.75, 3.05) is 33.1 Å². The fraction of sp³-hybridized carbons (Fsp3) is 0.394. The molecule has 0 unspecified atom stereocenters. The first-order valence-corrected chi connectivity index (χ1v) is 14.6. The van der Waals surface area contributed by atoms with Gasteiger partial charge in [0.25, 0.3) is 5.91 Å². The van der Waals surface area contributed by atoms with Crippen LogP contribution in [0.5, 0.6) is 11.5 Å². The van der Waals surface area contributed by atoms with Crippen LogP contribution in [-0.2, 0) is 27.3 Å². The third-order valence-corrected chi connectivity index (χ3v) is 9.55. The van der Waals surface area contributed by atoms with E-state index in [4.69, 9.17) is 10.5 Å². The highest BCUT2D eigenvalue weighted by atomic mass is 16.6. The van der Waals surface area contributed by atoms with Gasteiger partial charge in [0.1, 0.15) is 28.6 Å². The van der Waals surface area contributed by atoms with E-state index < -0.39 is 68.9 Å². The number of nitrogens with zero attached hydrogens (tertiary/aromatic N) is 2. The minimum Gasteiger partial charge on any atom is -0.508 e. The highest BCUT2D eigenvalue weighted by molar-refractivity contribution is 6.25. The molecule has 0 aromatic heterocycles. The van der Waals surface area contributed by atoms with Gasteiger partial charge in [0.15, 0.2) is 11.4 Å². The molecule has 7 N–H and O–H groups in total. The summed E-state index contributed by atoms with van der Waals surface area (Å²) < 4.78 is 5.26. The van der Waals surface area contributed by atoms with E-state index >= 15 is 0 Å². The van der Waals surface area contributed by atoms with Crippen molar-refractivity contribution in [3.63, 3.8) is 0 Å². The molecule has 2 aromatic carbocycles. The predicted molar refractivity (Wildman–Crippen MR) is 167 cm³/mol. The lowest BCUT2D eigenvalue weighted by atomic mass is 9.46. The van der Waals surface area contributed by atoms with Crippen molar-refractivity contribution in [2.24, 2.45) is 16.6 Å². The van der Waals surface area contributed by atoms with Crippen LogP contribution in [0.1, 0.15) is 37.0 Å². The first-order valence-electron chi connectivity index (χ1n) is 14.6. The summed E-state index contributed by atoms with van der Waals surface area (Å²) in [7, 11) is 6.62. The molecule has 244 valence electrons. The van der Waals surface area contributed by atoms with Gasteiger partial charge in [0, 0.05) is 48.3 Å². The Morgan fingerprint density at radius 1 is 1.07 bits per heavy atom. The van der Waals surface area contributed by atoms with Gasteiger partial charge >= 0.3 is 6.09 Å². The highest BCUT2D eigenvalue weighted by Crippen LogP contribution is 2.63. The summed E-state index contributed by atoms with van der Waals surface area (Å²) in [5.74, 6) is -5.17. The Morgan fingerprint density at radius 2 is 1.70 bits per heavy atom. The van der Waals surface area contributed by atoms with Gasteiger partial charge in [0.2, 0.25) is 5.78 Å². The molecule has 2 aromatic rings. The molecule has 4 atom stereocenters. The fourth-order valence-corrected chi connectivity index (χ4v) is 7.76. The summed E-state index contributed by atoms with van der Waals surface area (Å²) in [4.78, 5) is 56.1. The number of para-hydroxylation sites is 1. The van der Waals surface area contributed by atoms with Crippen LogP contribution in [0, 0.1) is 10.8 Å². The molecule has 0 aliphatic heterocycles. The normalized spacial score (nSPS) is 27.2. The maximum Gasteiger partial charge on any atom is 0.412 e. The number of ketones is 2. The first kappa shape index (κ1) is 32.5. The number of primary amides is 1. The summed E-state index contributed by atoms with van der Waals surface area (Å²) in [5.41, 5.74) is -0.235. The van der Waals surface area contributed by atoms with E-state index in [0.29, 0.717) is 17.0 Å². The van der Waals surface area contributed by atoms with Crippen molar-refractivity contribution >= 4 is 35.0 Å². The summed E-state index contributed by atoms with van der Waals surface area (Å²) in [6.45, 7) is 2.99. The number of Topliss-reactive ketones (excluding diaryl/α,β-unsaturated/α-hetero) is 2. The lowest BCUT2D eigenvalue weighted by Crippen LogP contribution is -2.72. The number of rotatable bonds is 6. The number of aromatic hydroxyl groups is 1. The Labute approximate surface area is 265 Å². The molecule has 46 heavy (non-hydrogen) atoms. The Bertz CT molecular complexity index is 1750. The number of aliphatic hydroxyl groups is 3. The molecule has 0 saturated heterocycles. The molecule has 0 bridgehead atoms. The number of carbonyl (C=O) groups is 4. The van der Waals surface area contributed by atoms with E-state index in [0.717, 1.165) is 0 Å². The molecule has 0 heterocycles. The number of phenols is 1. The molecule has 0 spiro atoms. The third kappa shape index (κ3) is 4.52. The van der Waals surface area contributed by atoms with Crippen molar-refractivity contribution in [2.45, 2.75) is 44.9 Å². The highest BCUT2D eigenvalue weighted by Gasteiger charge is 2.72. The number of benzene rings is 2.